The Bertz CT molecular complexity index is 526. The number of aliphatic hydroxyl groups is 1. The van der Waals surface area contributed by atoms with E-state index in [0.29, 0.717) is 18.4 Å². The molecule has 0 spiro atoms. The van der Waals surface area contributed by atoms with Crippen molar-refractivity contribution in [2.24, 2.45) is 11.8 Å². The molecule has 1 aromatic carbocycles. The summed E-state index contributed by atoms with van der Waals surface area (Å²) in [6.07, 6.45) is 3.46. The highest BCUT2D eigenvalue weighted by molar-refractivity contribution is 5.66. The fourth-order valence-corrected chi connectivity index (χ4v) is 4.13. The number of nitrogens with zero attached hydrogens (tertiary/aromatic N) is 1. The molecule has 2 saturated heterocycles. The Morgan fingerprint density at radius 2 is 1.83 bits per heavy atom. The number of carboxylic acid groups (broad SMARTS) is 1. The number of rotatable bonds is 3. The van der Waals surface area contributed by atoms with Crippen LogP contribution in [0.5, 0.6) is 0 Å². The number of carbonyl (C=O) groups is 1. The highest BCUT2D eigenvalue weighted by Gasteiger charge is 2.36. The Morgan fingerprint density at radius 1 is 1.13 bits per heavy atom. The van der Waals surface area contributed by atoms with Crippen molar-refractivity contribution < 1.29 is 15.0 Å². The molecular weight excluding hydrogens is 292 g/mol. The first-order valence-electron chi connectivity index (χ1n) is 8.59. The molecule has 0 aromatic heterocycles. The standard InChI is InChI=1S/C18H26N2O3/c21-12-13-1-3-15(4-2-13)17-11-16(7-10-20(17)18(22)23)14-5-8-19-9-6-14/h1-4,14,16-17,19,21H,5-12H2,(H,22,23)/t16?,17-/m1/s1. The predicted molar refractivity (Wildman–Crippen MR) is 88.2 cm³/mol. The largest absolute Gasteiger partial charge is 0.465 e. The molecule has 1 unspecified atom stereocenters. The van der Waals surface area contributed by atoms with Crippen molar-refractivity contribution in [1.29, 1.82) is 0 Å². The van der Waals surface area contributed by atoms with E-state index in [1.54, 1.807) is 4.90 Å². The Kier molecular flexibility index (Phi) is 5.18. The van der Waals surface area contributed by atoms with Crippen LogP contribution in [0.25, 0.3) is 0 Å². The molecule has 1 amide bonds. The van der Waals surface area contributed by atoms with E-state index in [-0.39, 0.29) is 12.6 Å². The summed E-state index contributed by atoms with van der Waals surface area (Å²) in [4.78, 5) is 13.2. The normalized spacial score (nSPS) is 26.2. The molecule has 2 aliphatic heterocycles. The SMILES string of the molecule is O=C(O)N1CCC(C2CCNCC2)C[C@@H]1c1ccc(CO)cc1. The number of aliphatic hydroxyl groups excluding tert-OH is 1. The van der Waals surface area contributed by atoms with Gasteiger partial charge in [0.25, 0.3) is 0 Å². The molecule has 0 bridgehead atoms. The molecule has 0 radical (unpaired) electrons. The Morgan fingerprint density at radius 3 is 2.43 bits per heavy atom. The molecule has 1 aromatic rings. The van der Waals surface area contributed by atoms with Crippen LogP contribution < -0.4 is 5.32 Å². The van der Waals surface area contributed by atoms with Crippen molar-refractivity contribution in [2.45, 2.75) is 38.3 Å². The molecule has 2 heterocycles. The minimum atomic E-state index is -0.829. The van der Waals surface area contributed by atoms with Crippen molar-refractivity contribution in [3.8, 4) is 0 Å². The van der Waals surface area contributed by atoms with Crippen LogP contribution in [0.4, 0.5) is 4.79 Å². The number of likely N-dealkylation sites (tertiary alicyclic amines) is 1. The minimum Gasteiger partial charge on any atom is -0.465 e. The van der Waals surface area contributed by atoms with Crippen molar-refractivity contribution in [1.82, 2.24) is 10.2 Å². The lowest BCUT2D eigenvalue weighted by Crippen LogP contribution is -2.43. The van der Waals surface area contributed by atoms with E-state index in [1.807, 2.05) is 24.3 Å². The average molecular weight is 318 g/mol. The molecular formula is C18H26N2O3. The van der Waals surface area contributed by atoms with Crippen LogP contribution in [0.1, 0.15) is 42.9 Å². The fraction of sp³-hybridized carbons (Fsp3) is 0.611. The van der Waals surface area contributed by atoms with E-state index in [2.05, 4.69) is 5.32 Å². The van der Waals surface area contributed by atoms with Crippen molar-refractivity contribution in [3.63, 3.8) is 0 Å². The highest BCUT2D eigenvalue weighted by atomic mass is 16.4. The molecule has 126 valence electrons. The summed E-state index contributed by atoms with van der Waals surface area (Å²) in [7, 11) is 0. The molecule has 2 fully saturated rings. The van der Waals surface area contributed by atoms with Crippen LogP contribution in [-0.4, -0.2) is 40.8 Å². The lowest BCUT2D eigenvalue weighted by Gasteiger charge is -2.42. The van der Waals surface area contributed by atoms with Gasteiger partial charge in [0, 0.05) is 6.54 Å². The lowest BCUT2D eigenvalue weighted by atomic mass is 9.75. The zero-order chi connectivity index (χ0) is 16.2. The maximum atomic E-state index is 11.6. The van der Waals surface area contributed by atoms with Crippen LogP contribution in [0, 0.1) is 11.8 Å². The van der Waals surface area contributed by atoms with E-state index in [4.69, 9.17) is 0 Å². The smallest absolute Gasteiger partial charge is 0.407 e. The van der Waals surface area contributed by atoms with E-state index in [1.165, 1.54) is 12.8 Å². The van der Waals surface area contributed by atoms with Gasteiger partial charge in [-0.3, -0.25) is 0 Å². The Hall–Kier alpha value is -1.59. The van der Waals surface area contributed by atoms with Gasteiger partial charge in [0.15, 0.2) is 0 Å². The van der Waals surface area contributed by atoms with Gasteiger partial charge < -0.3 is 20.4 Å². The Labute approximate surface area is 137 Å². The molecule has 2 atom stereocenters. The molecule has 2 aliphatic rings. The highest BCUT2D eigenvalue weighted by Crippen LogP contribution is 2.40. The third-order valence-electron chi connectivity index (χ3n) is 5.49. The summed E-state index contributed by atoms with van der Waals surface area (Å²) in [6.45, 7) is 2.81. The zero-order valence-electron chi connectivity index (χ0n) is 13.4. The van der Waals surface area contributed by atoms with Gasteiger partial charge in [0.1, 0.15) is 0 Å². The summed E-state index contributed by atoms with van der Waals surface area (Å²) >= 11 is 0. The number of nitrogens with one attached hydrogen (secondary N) is 1. The first-order valence-corrected chi connectivity index (χ1v) is 8.59. The van der Waals surface area contributed by atoms with Gasteiger partial charge in [-0.05, 0) is 61.7 Å². The summed E-state index contributed by atoms with van der Waals surface area (Å²) in [5.74, 6) is 1.32. The van der Waals surface area contributed by atoms with Crippen LogP contribution >= 0.6 is 0 Å². The second-order valence-electron chi connectivity index (χ2n) is 6.76. The van der Waals surface area contributed by atoms with Crippen LogP contribution in [0.2, 0.25) is 0 Å². The van der Waals surface area contributed by atoms with Gasteiger partial charge in [0.2, 0.25) is 0 Å². The first kappa shape index (κ1) is 16.3. The molecule has 3 N–H and O–H groups in total. The number of piperidine rings is 2. The maximum Gasteiger partial charge on any atom is 0.407 e. The predicted octanol–water partition coefficient (Wildman–Crippen LogP) is 2.61. The summed E-state index contributed by atoms with van der Waals surface area (Å²) in [6, 6.07) is 7.66. The number of hydrogen-bond acceptors (Lipinski definition) is 3. The average Bonchev–Trinajstić information content (AvgIpc) is 2.62. The third kappa shape index (κ3) is 3.67. The van der Waals surface area contributed by atoms with Crippen LogP contribution in [0.15, 0.2) is 24.3 Å². The van der Waals surface area contributed by atoms with Crippen LogP contribution in [-0.2, 0) is 6.61 Å². The summed E-state index contributed by atoms with van der Waals surface area (Å²) in [5.41, 5.74) is 1.91. The van der Waals surface area contributed by atoms with E-state index < -0.39 is 6.09 Å². The summed E-state index contributed by atoms with van der Waals surface area (Å²) in [5, 5.41) is 22.1. The topological polar surface area (TPSA) is 72.8 Å². The second kappa shape index (κ2) is 7.32. The Balaban J connectivity index is 1.77. The number of amides is 1. The van der Waals surface area contributed by atoms with Gasteiger partial charge in [-0.25, -0.2) is 4.79 Å². The molecule has 0 aliphatic carbocycles. The van der Waals surface area contributed by atoms with Crippen molar-refractivity contribution >= 4 is 6.09 Å². The summed E-state index contributed by atoms with van der Waals surface area (Å²) < 4.78 is 0. The molecule has 3 rings (SSSR count). The third-order valence-corrected chi connectivity index (χ3v) is 5.49. The quantitative estimate of drug-likeness (QED) is 0.801. The first-order chi connectivity index (χ1) is 11.2. The number of hydrogen-bond donors (Lipinski definition) is 3. The van der Waals surface area contributed by atoms with Crippen molar-refractivity contribution in [3.05, 3.63) is 35.4 Å². The number of benzene rings is 1. The van der Waals surface area contributed by atoms with Crippen molar-refractivity contribution in [2.75, 3.05) is 19.6 Å². The van der Waals surface area contributed by atoms with Gasteiger partial charge in [0.05, 0.1) is 12.6 Å². The van der Waals surface area contributed by atoms with Gasteiger partial charge >= 0.3 is 6.09 Å². The van der Waals surface area contributed by atoms with E-state index in [0.717, 1.165) is 37.1 Å². The lowest BCUT2D eigenvalue weighted by molar-refractivity contribution is 0.0687. The second-order valence-corrected chi connectivity index (χ2v) is 6.76. The monoisotopic (exact) mass is 318 g/mol. The van der Waals surface area contributed by atoms with Gasteiger partial charge in [-0.2, -0.15) is 0 Å². The maximum absolute atomic E-state index is 11.6. The molecule has 23 heavy (non-hydrogen) atoms. The fourth-order valence-electron chi connectivity index (χ4n) is 4.13. The van der Waals surface area contributed by atoms with Gasteiger partial charge in [-0.1, -0.05) is 24.3 Å². The minimum absolute atomic E-state index is 0.0191. The molecule has 5 nitrogen and oxygen atoms in total. The van der Waals surface area contributed by atoms with E-state index >= 15 is 0 Å². The van der Waals surface area contributed by atoms with E-state index in [9.17, 15) is 15.0 Å². The van der Waals surface area contributed by atoms with Crippen LogP contribution in [0.3, 0.4) is 0 Å². The van der Waals surface area contributed by atoms with Gasteiger partial charge in [-0.15, -0.1) is 0 Å². The molecule has 5 heteroatoms. The molecule has 0 saturated carbocycles. The zero-order valence-corrected chi connectivity index (χ0v) is 13.4.